The van der Waals surface area contributed by atoms with Crippen LogP contribution < -0.4 is 0 Å². The van der Waals surface area contributed by atoms with Gasteiger partial charge in [0.2, 0.25) is 0 Å². The first-order chi connectivity index (χ1) is 8.13. The van der Waals surface area contributed by atoms with E-state index < -0.39 is 0 Å². The topological polar surface area (TPSA) is 58.2 Å². The van der Waals surface area contributed by atoms with Crippen LogP contribution in [0.5, 0.6) is 0 Å². The highest BCUT2D eigenvalue weighted by atomic mass is 16.5. The predicted molar refractivity (Wildman–Crippen MR) is 63.9 cm³/mol. The number of aromatic amines is 1. The molecule has 5 nitrogen and oxygen atoms in total. The minimum Gasteiger partial charge on any atom is -0.384 e. The summed E-state index contributed by atoms with van der Waals surface area (Å²) in [6.07, 6.45) is 1.02. The van der Waals surface area contributed by atoms with Crippen LogP contribution in [0.25, 0.3) is 0 Å². The van der Waals surface area contributed by atoms with E-state index in [1.54, 1.807) is 7.11 Å². The van der Waals surface area contributed by atoms with Crippen LogP contribution in [0, 0.1) is 19.8 Å². The van der Waals surface area contributed by atoms with Crippen LogP contribution in [-0.2, 0) is 4.74 Å². The third-order valence-corrected chi connectivity index (χ3v) is 3.32. The van der Waals surface area contributed by atoms with Crippen LogP contribution in [0.4, 0.5) is 0 Å². The van der Waals surface area contributed by atoms with Crippen LogP contribution in [0.2, 0.25) is 0 Å². The molecule has 0 radical (unpaired) electrons. The number of carbonyl (C=O) groups is 1. The van der Waals surface area contributed by atoms with Gasteiger partial charge in [-0.1, -0.05) is 0 Å². The minimum atomic E-state index is 0.0901. The summed E-state index contributed by atoms with van der Waals surface area (Å²) in [5.41, 5.74) is 2.36. The second kappa shape index (κ2) is 4.87. The fraction of sp³-hybridized carbons (Fsp3) is 0.667. The summed E-state index contributed by atoms with van der Waals surface area (Å²) in [6.45, 7) is 6.08. The number of rotatable bonds is 3. The monoisotopic (exact) mass is 237 g/mol. The quantitative estimate of drug-likeness (QED) is 0.857. The third kappa shape index (κ3) is 2.34. The Labute approximate surface area is 101 Å². The Balaban J connectivity index is 2.07. The number of ether oxygens (including phenoxy) is 1. The van der Waals surface area contributed by atoms with Crippen LogP contribution >= 0.6 is 0 Å². The van der Waals surface area contributed by atoms with Crippen molar-refractivity contribution < 1.29 is 9.53 Å². The lowest BCUT2D eigenvalue weighted by Crippen LogP contribution is -2.30. The number of hydrogen-bond acceptors (Lipinski definition) is 3. The summed E-state index contributed by atoms with van der Waals surface area (Å²) in [4.78, 5) is 14.2. The van der Waals surface area contributed by atoms with Crippen molar-refractivity contribution in [2.45, 2.75) is 20.3 Å². The van der Waals surface area contributed by atoms with Gasteiger partial charge in [-0.3, -0.25) is 9.89 Å². The number of methoxy groups -OCH3 is 1. The van der Waals surface area contributed by atoms with Crippen molar-refractivity contribution in [2.24, 2.45) is 5.92 Å². The van der Waals surface area contributed by atoms with Gasteiger partial charge in [-0.15, -0.1) is 0 Å². The van der Waals surface area contributed by atoms with E-state index in [1.165, 1.54) is 0 Å². The van der Waals surface area contributed by atoms with Crippen LogP contribution in [0.15, 0.2) is 0 Å². The Morgan fingerprint density at radius 2 is 2.35 bits per heavy atom. The van der Waals surface area contributed by atoms with Crippen molar-refractivity contribution >= 4 is 5.91 Å². The Hall–Kier alpha value is -1.36. The van der Waals surface area contributed by atoms with Gasteiger partial charge in [-0.05, 0) is 20.3 Å². The number of likely N-dealkylation sites (tertiary alicyclic amines) is 1. The van der Waals surface area contributed by atoms with Crippen molar-refractivity contribution in [3.63, 3.8) is 0 Å². The maximum Gasteiger partial charge on any atom is 0.257 e. The molecule has 1 amide bonds. The Bertz CT molecular complexity index is 394. The van der Waals surface area contributed by atoms with Crippen LogP contribution in [0.1, 0.15) is 28.2 Å². The molecule has 1 aliphatic heterocycles. The lowest BCUT2D eigenvalue weighted by molar-refractivity contribution is 0.0774. The molecule has 1 unspecified atom stereocenters. The molecule has 1 aromatic heterocycles. The first kappa shape index (κ1) is 12.1. The molecule has 1 saturated heterocycles. The fourth-order valence-electron chi connectivity index (χ4n) is 2.41. The van der Waals surface area contributed by atoms with Gasteiger partial charge < -0.3 is 9.64 Å². The number of aryl methyl sites for hydroxylation is 2. The van der Waals surface area contributed by atoms with Crippen LogP contribution in [-0.4, -0.2) is 47.8 Å². The molecule has 94 valence electrons. The van der Waals surface area contributed by atoms with Crippen molar-refractivity contribution in [1.29, 1.82) is 0 Å². The minimum absolute atomic E-state index is 0.0901. The van der Waals surface area contributed by atoms with E-state index >= 15 is 0 Å². The molecule has 1 aromatic rings. The largest absolute Gasteiger partial charge is 0.384 e. The van der Waals surface area contributed by atoms with E-state index in [2.05, 4.69) is 10.2 Å². The summed E-state index contributed by atoms with van der Waals surface area (Å²) in [7, 11) is 1.70. The second-order valence-corrected chi connectivity index (χ2v) is 4.67. The van der Waals surface area contributed by atoms with E-state index in [4.69, 9.17) is 4.74 Å². The van der Waals surface area contributed by atoms with Gasteiger partial charge in [0, 0.05) is 31.8 Å². The maximum absolute atomic E-state index is 12.3. The summed E-state index contributed by atoms with van der Waals surface area (Å²) >= 11 is 0. The maximum atomic E-state index is 12.3. The Morgan fingerprint density at radius 3 is 2.94 bits per heavy atom. The number of hydrogen-bond donors (Lipinski definition) is 1. The highest BCUT2D eigenvalue weighted by molar-refractivity contribution is 5.96. The summed E-state index contributed by atoms with van der Waals surface area (Å²) in [6, 6.07) is 0. The molecule has 0 saturated carbocycles. The first-order valence-electron chi connectivity index (χ1n) is 5.93. The van der Waals surface area contributed by atoms with Gasteiger partial charge >= 0.3 is 0 Å². The van der Waals surface area contributed by atoms with Gasteiger partial charge in [0.15, 0.2) is 0 Å². The number of H-pyrrole nitrogens is 1. The molecule has 2 rings (SSSR count). The summed E-state index contributed by atoms with van der Waals surface area (Å²) < 4.78 is 5.14. The van der Waals surface area contributed by atoms with E-state index in [1.807, 2.05) is 18.7 Å². The number of nitrogens with zero attached hydrogens (tertiary/aromatic N) is 2. The normalized spacial score (nSPS) is 19.9. The SMILES string of the molecule is COCC1CCN(C(=O)c2c(C)n[nH]c2C)C1. The number of amides is 1. The molecule has 2 heterocycles. The standard InChI is InChI=1S/C12H19N3O2/c1-8-11(9(2)14-13-8)12(16)15-5-4-10(6-15)7-17-3/h10H,4-7H2,1-3H3,(H,13,14). The average Bonchev–Trinajstić information content (AvgIpc) is 2.87. The van der Waals surface area contributed by atoms with Gasteiger partial charge in [0.1, 0.15) is 0 Å². The zero-order valence-corrected chi connectivity index (χ0v) is 10.6. The molecule has 0 aromatic carbocycles. The van der Waals surface area contributed by atoms with Crippen molar-refractivity contribution in [1.82, 2.24) is 15.1 Å². The molecule has 1 N–H and O–H groups in total. The summed E-state index contributed by atoms with van der Waals surface area (Å²) in [5, 5.41) is 6.92. The number of carbonyl (C=O) groups excluding carboxylic acids is 1. The molecule has 17 heavy (non-hydrogen) atoms. The van der Waals surface area contributed by atoms with Crippen molar-refractivity contribution in [3.8, 4) is 0 Å². The average molecular weight is 237 g/mol. The van der Waals surface area contributed by atoms with Gasteiger partial charge in [0.25, 0.3) is 5.91 Å². The van der Waals surface area contributed by atoms with E-state index in [0.29, 0.717) is 5.92 Å². The fourth-order valence-corrected chi connectivity index (χ4v) is 2.41. The third-order valence-electron chi connectivity index (χ3n) is 3.32. The Kier molecular flexibility index (Phi) is 3.47. The predicted octanol–water partition coefficient (Wildman–Crippen LogP) is 1.14. The van der Waals surface area contributed by atoms with Crippen molar-refractivity contribution in [3.05, 3.63) is 17.0 Å². The van der Waals surface area contributed by atoms with E-state index in [-0.39, 0.29) is 5.91 Å². The van der Waals surface area contributed by atoms with E-state index in [0.717, 1.165) is 43.1 Å². The second-order valence-electron chi connectivity index (χ2n) is 4.67. The lowest BCUT2D eigenvalue weighted by Gasteiger charge is -2.16. The highest BCUT2D eigenvalue weighted by Crippen LogP contribution is 2.21. The molecule has 0 spiro atoms. The zero-order valence-electron chi connectivity index (χ0n) is 10.6. The molecule has 1 atom stereocenters. The molecule has 0 aliphatic carbocycles. The molecular weight excluding hydrogens is 218 g/mol. The molecular formula is C12H19N3O2. The molecule has 1 aliphatic rings. The zero-order chi connectivity index (χ0) is 12.4. The van der Waals surface area contributed by atoms with Gasteiger partial charge in [-0.2, -0.15) is 5.10 Å². The molecule has 5 heteroatoms. The smallest absolute Gasteiger partial charge is 0.257 e. The van der Waals surface area contributed by atoms with Crippen molar-refractivity contribution in [2.75, 3.05) is 26.8 Å². The van der Waals surface area contributed by atoms with Gasteiger partial charge in [-0.25, -0.2) is 0 Å². The highest BCUT2D eigenvalue weighted by Gasteiger charge is 2.29. The number of nitrogens with one attached hydrogen (secondary N) is 1. The van der Waals surface area contributed by atoms with E-state index in [9.17, 15) is 4.79 Å². The number of aromatic nitrogens is 2. The Morgan fingerprint density at radius 1 is 1.59 bits per heavy atom. The molecule has 1 fully saturated rings. The summed E-state index contributed by atoms with van der Waals surface area (Å²) in [5.74, 6) is 0.559. The van der Waals surface area contributed by atoms with Gasteiger partial charge in [0.05, 0.1) is 17.9 Å². The molecule has 0 bridgehead atoms. The van der Waals surface area contributed by atoms with Crippen LogP contribution in [0.3, 0.4) is 0 Å². The first-order valence-corrected chi connectivity index (χ1v) is 5.93. The lowest BCUT2D eigenvalue weighted by atomic mass is 10.1.